The highest BCUT2D eigenvalue weighted by molar-refractivity contribution is 5.94. The Labute approximate surface area is 143 Å². The van der Waals surface area contributed by atoms with Crippen LogP contribution in [0.3, 0.4) is 0 Å². The maximum atomic E-state index is 11.8. The Balaban J connectivity index is 1.79. The second kappa shape index (κ2) is 7.00. The number of hydrogen-bond acceptors (Lipinski definition) is 6. The van der Waals surface area contributed by atoms with Crippen LogP contribution in [0, 0.1) is 10.1 Å². The number of carbonyl (C=O) groups excluding carboxylic acids is 1. The van der Waals surface area contributed by atoms with Crippen molar-refractivity contribution >= 4 is 28.6 Å². The fourth-order valence-corrected chi connectivity index (χ4v) is 2.45. The summed E-state index contributed by atoms with van der Waals surface area (Å²) < 4.78 is 4.97. The number of H-pyrrole nitrogens is 1. The van der Waals surface area contributed by atoms with Gasteiger partial charge in [0.1, 0.15) is 0 Å². The molecule has 0 radical (unpaired) electrons. The zero-order valence-corrected chi connectivity index (χ0v) is 13.5. The third kappa shape index (κ3) is 3.57. The minimum atomic E-state index is -0.415. The number of para-hydroxylation sites is 1. The van der Waals surface area contributed by atoms with E-state index < -0.39 is 10.9 Å². The summed E-state index contributed by atoms with van der Waals surface area (Å²) in [4.78, 5) is 29.8. The molecule has 0 aliphatic rings. The average Bonchev–Trinajstić information content (AvgIpc) is 3.02. The van der Waals surface area contributed by atoms with Gasteiger partial charge in [-0.05, 0) is 25.1 Å². The summed E-state index contributed by atoms with van der Waals surface area (Å²) in [6.07, 6.45) is 0. The van der Waals surface area contributed by atoms with Crippen molar-refractivity contribution in [3.63, 3.8) is 0 Å². The topological polar surface area (TPSA) is 110 Å². The quantitative estimate of drug-likeness (QED) is 0.405. The van der Waals surface area contributed by atoms with Crippen LogP contribution in [0.15, 0.2) is 42.5 Å². The third-order valence-corrected chi connectivity index (χ3v) is 3.63. The van der Waals surface area contributed by atoms with E-state index in [2.05, 4.69) is 15.3 Å². The summed E-state index contributed by atoms with van der Waals surface area (Å²) in [5, 5.41) is 14.1. The van der Waals surface area contributed by atoms with Crippen LogP contribution in [0.4, 0.5) is 11.6 Å². The largest absolute Gasteiger partial charge is 0.462 e. The number of aromatic nitrogens is 2. The van der Waals surface area contributed by atoms with Gasteiger partial charge in [0.25, 0.3) is 5.69 Å². The fourth-order valence-electron chi connectivity index (χ4n) is 2.45. The van der Waals surface area contributed by atoms with E-state index in [-0.39, 0.29) is 12.2 Å². The molecule has 0 atom stereocenters. The highest BCUT2D eigenvalue weighted by Gasteiger charge is 2.13. The first-order valence-corrected chi connectivity index (χ1v) is 7.71. The molecule has 3 rings (SSSR count). The predicted molar refractivity (Wildman–Crippen MR) is 92.5 cm³/mol. The molecule has 0 aliphatic heterocycles. The monoisotopic (exact) mass is 340 g/mol. The summed E-state index contributed by atoms with van der Waals surface area (Å²) in [6, 6.07) is 11.5. The van der Waals surface area contributed by atoms with Crippen molar-refractivity contribution in [3.05, 3.63) is 63.7 Å². The van der Waals surface area contributed by atoms with Crippen LogP contribution in [0.5, 0.6) is 0 Å². The van der Waals surface area contributed by atoms with E-state index in [4.69, 9.17) is 4.74 Å². The predicted octanol–water partition coefficient (Wildman–Crippen LogP) is 3.26. The molecule has 0 aliphatic carbocycles. The van der Waals surface area contributed by atoms with Gasteiger partial charge in [-0.2, -0.15) is 0 Å². The van der Waals surface area contributed by atoms with Crippen LogP contribution in [0.1, 0.15) is 22.8 Å². The van der Waals surface area contributed by atoms with E-state index in [1.807, 2.05) is 0 Å². The Morgan fingerprint density at radius 1 is 1.32 bits per heavy atom. The van der Waals surface area contributed by atoms with E-state index >= 15 is 0 Å². The van der Waals surface area contributed by atoms with Crippen molar-refractivity contribution in [3.8, 4) is 0 Å². The number of ether oxygens (including phenoxy) is 1. The molecule has 3 aromatic rings. The van der Waals surface area contributed by atoms with Crippen LogP contribution < -0.4 is 5.32 Å². The minimum absolute atomic E-state index is 0.0516. The van der Waals surface area contributed by atoms with E-state index in [0.29, 0.717) is 34.7 Å². The van der Waals surface area contributed by atoms with Crippen molar-refractivity contribution in [1.82, 2.24) is 9.97 Å². The minimum Gasteiger partial charge on any atom is -0.462 e. The molecule has 0 bridgehead atoms. The van der Waals surface area contributed by atoms with Crippen LogP contribution >= 0.6 is 0 Å². The van der Waals surface area contributed by atoms with Crippen molar-refractivity contribution in [2.45, 2.75) is 13.5 Å². The standard InChI is InChI=1S/C17H16N4O4/c1-2-25-16(22)11-7-8-13-14(9-11)20-17(19-13)18-10-12-5-3-4-6-15(12)21(23)24/h3-9H,2,10H2,1H3,(H2,18,19,20). The number of nitro groups is 1. The SMILES string of the molecule is CCOC(=O)c1ccc2nc(NCc3ccccc3[N+](=O)[O-])[nH]c2c1. The second-order valence-corrected chi connectivity index (χ2v) is 5.28. The lowest BCUT2D eigenvalue weighted by Crippen LogP contribution is -2.04. The number of anilines is 1. The number of esters is 1. The fraction of sp³-hybridized carbons (Fsp3) is 0.176. The van der Waals surface area contributed by atoms with Gasteiger partial charge in [0.15, 0.2) is 0 Å². The van der Waals surface area contributed by atoms with E-state index in [1.54, 1.807) is 43.3 Å². The average molecular weight is 340 g/mol. The molecule has 8 nitrogen and oxygen atoms in total. The molecule has 25 heavy (non-hydrogen) atoms. The maximum absolute atomic E-state index is 11.8. The summed E-state index contributed by atoms with van der Waals surface area (Å²) in [6.45, 7) is 2.31. The normalized spacial score (nSPS) is 10.6. The van der Waals surface area contributed by atoms with Crippen LogP contribution in [0.25, 0.3) is 11.0 Å². The van der Waals surface area contributed by atoms with Gasteiger partial charge >= 0.3 is 5.97 Å². The lowest BCUT2D eigenvalue weighted by molar-refractivity contribution is -0.385. The van der Waals surface area contributed by atoms with E-state index in [1.165, 1.54) is 6.07 Å². The van der Waals surface area contributed by atoms with Crippen molar-refractivity contribution in [1.29, 1.82) is 0 Å². The molecule has 0 spiro atoms. The van der Waals surface area contributed by atoms with Gasteiger partial charge in [-0.3, -0.25) is 10.1 Å². The zero-order valence-electron chi connectivity index (χ0n) is 13.5. The molecule has 0 unspecified atom stereocenters. The molecular weight excluding hydrogens is 324 g/mol. The highest BCUT2D eigenvalue weighted by Crippen LogP contribution is 2.20. The summed E-state index contributed by atoms with van der Waals surface area (Å²) in [5.74, 6) is 0.0718. The Kier molecular flexibility index (Phi) is 4.60. The molecule has 1 heterocycles. The number of hydrogen-bond donors (Lipinski definition) is 2. The van der Waals surface area contributed by atoms with Gasteiger partial charge in [-0.25, -0.2) is 9.78 Å². The molecule has 0 saturated heterocycles. The molecule has 2 N–H and O–H groups in total. The van der Waals surface area contributed by atoms with Crippen molar-refractivity contribution in [2.24, 2.45) is 0 Å². The Morgan fingerprint density at radius 2 is 2.12 bits per heavy atom. The summed E-state index contributed by atoms with van der Waals surface area (Å²) in [7, 11) is 0. The zero-order chi connectivity index (χ0) is 17.8. The highest BCUT2D eigenvalue weighted by atomic mass is 16.6. The van der Waals surface area contributed by atoms with Gasteiger partial charge in [-0.1, -0.05) is 18.2 Å². The maximum Gasteiger partial charge on any atom is 0.338 e. The lowest BCUT2D eigenvalue weighted by atomic mass is 10.2. The van der Waals surface area contributed by atoms with Gasteiger partial charge < -0.3 is 15.0 Å². The number of nitrogens with one attached hydrogen (secondary N) is 2. The van der Waals surface area contributed by atoms with Gasteiger partial charge in [-0.15, -0.1) is 0 Å². The number of aromatic amines is 1. The van der Waals surface area contributed by atoms with E-state index in [9.17, 15) is 14.9 Å². The third-order valence-electron chi connectivity index (χ3n) is 3.63. The Bertz CT molecular complexity index is 935. The molecule has 0 amide bonds. The smallest absolute Gasteiger partial charge is 0.338 e. The van der Waals surface area contributed by atoms with E-state index in [0.717, 1.165) is 0 Å². The number of nitro benzene ring substituents is 1. The Morgan fingerprint density at radius 3 is 2.88 bits per heavy atom. The van der Waals surface area contributed by atoms with Gasteiger partial charge in [0.2, 0.25) is 5.95 Å². The van der Waals surface area contributed by atoms with Crippen molar-refractivity contribution in [2.75, 3.05) is 11.9 Å². The molecule has 2 aromatic carbocycles. The van der Waals surface area contributed by atoms with Gasteiger partial charge in [0, 0.05) is 18.2 Å². The number of fused-ring (bicyclic) bond motifs is 1. The van der Waals surface area contributed by atoms with Crippen LogP contribution in [-0.4, -0.2) is 27.5 Å². The van der Waals surface area contributed by atoms with Crippen LogP contribution in [0.2, 0.25) is 0 Å². The second-order valence-electron chi connectivity index (χ2n) is 5.28. The number of imidazole rings is 1. The first-order valence-electron chi connectivity index (χ1n) is 7.71. The first kappa shape index (κ1) is 16.4. The molecule has 1 aromatic heterocycles. The van der Waals surface area contributed by atoms with Crippen molar-refractivity contribution < 1.29 is 14.5 Å². The first-order chi connectivity index (χ1) is 12.1. The molecule has 8 heteroatoms. The lowest BCUT2D eigenvalue weighted by Gasteiger charge is -2.03. The molecule has 128 valence electrons. The van der Waals surface area contributed by atoms with Gasteiger partial charge in [0.05, 0.1) is 28.1 Å². The number of nitrogens with zero attached hydrogens (tertiary/aromatic N) is 2. The summed E-state index contributed by atoms with van der Waals surface area (Å²) in [5.41, 5.74) is 2.40. The van der Waals surface area contributed by atoms with Crippen LogP contribution in [-0.2, 0) is 11.3 Å². The number of carbonyl (C=O) groups is 1. The molecule has 0 fully saturated rings. The summed E-state index contributed by atoms with van der Waals surface area (Å²) >= 11 is 0. The molecule has 0 saturated carbocycles. The Hall–Kier alpha value is -3.42. The number of rotatable bonds is 6. The number of benzene rings is 2. The molecular formula is C17H16N4O4.